The predicted molar refractivity (Wildman–Crippen MR) is 81.1 cm³/mol. The minimum Gasteiger partial charge on any atom is -0.497 e. The lowest BCUT2D eigenvalue weighted by Gasteiger charge is -2.30. The fraction of sp³-hybridized carbons (Fsp3) is 0.625. The molecular weight excluding hydrogens is 252 g/mol. The van der Waals surface area contributed by atoms with E-state index < -0.39 is 6.10 Å². The van der Waals surface area contributed by atoms with Crippen LogP contribution >= 0.6 is 0 Å². The fourth-order valence-electron chi connectivity index (χ4n) is 2.87. The van der Waals surface area contributed by atoms with Crippen molar-refractivity contribution in [2.75, 3.05) is 40.3 Å². The maximum atomic E-state index is 10.5. The largest absolute Gasteiger partial charge is 0.497 e. The van der Waals surface area contributed by atoms with E-state index in [1.54, 1.807) is 7.11 Å². The maximum absolute atomic E-state index is 10.5. The van der Waals surface area contributed by atoms with Gasteiger partial charge < -0.3 is 14.7 Å². The van der Waals surface area contributed by atoms with Crippen molar-refractivity contribution in [2.45, 2.75) is 25.5 Å². The standard InChI is InChI=1S/C16H26N2O2/c1-13-11-17(2)8-5-9-18(13)12-16(19)14-6-4-7-15(10-14)20-3/h4,6-7,10,13,16,19H,5,8-9,11-12H2,1-3H3. The van der Waals surface area contributed by atoms with Crippen LogP contribution in [0.5, 0.6) is 5.75 Å². The molecule has 0 aliphatic carbocycles. The van der Waals surface area contributed by atoms with Gasteiger partial charge in [0, 0.05) is 19.1 Å². The molecule has 0 radical (unpaired) electrons. The first-order valence-electron chi connectivity index (χ1n) is 7.34. The lowest BCUT2D eigenvalue weighted by molar-refractivity contribution is 0.0919. The molecule has 1 fully saturated rings. The molecule has 2 unspecified atom stereocenters. The summed E-state index contributed by atoms with van der Waals surface area (Å²) in [6, 6.07) is 8.18. The third-order valence-corrected chi connectivity index (χ3v) is 4.07. The Morgan fingerprint density at radius 3 is 2.95 bits per heavy atom. The molecule has 1 aliphatic rings. The minimum absolute atomic E-state index is 0.462. The number of rotatable bonds is 4. The average molecular weight is 278 g/mol. The van der Waals surface area contributed by atoms with Crippen LogP contribution in [-0.2, 0) is 0 Å². The SMILES string of the molecule is COc1cccc(C(O)CN2CCCN(C)CC2C)c1. The first-order valence-corrected chi connectivity index (χ1v) is 7.34. The Kier molecular flexibility index (Phi) is 5.40. The van der Waals surface area contributed by atoms with Gasteiger partial charge in [-0.15, -0.1) is 0 Å². The second-order valence-electron chi connectivity index (χ2n) is 5.75. The molecule has 2 rings (SSSR count). The van der Waals surface area contributed by atoms with Crippen molar-refractivity contribution in [3.05, 3.63) is 29.8 Å². The van der Waals surface area contributed by atoms with E-state index in [1.807, 2.05) is 24.3 Å². The van der Waals surface area contributed by atoms with Crippen LogP contribution in [-0.4, -0.2) is 61.3 Å². The molecule has 0 spiro atoms. The van der Waals surface area contributed by atoms with Gasteiger partial charge in [-0.25, -0.2) is 0 Å². The van der Waals surface area contributed by atoms with E-state index in [4.69, 9.17) is 4.74 Å². The van der Waals surface area contributed by atoms with E-state index in [9.17, 15) is 5.11 Å². The summed E-state index contributed by atoms with van der Waals surface area (Å²) in [7, 11) is 3.82. The fourth-order valence-corrected chi connectivity index (χ4v) is 2.87. The molecule has 0 saturated carbocycles. The van der Waals surface area contributed by atoms with Gasteiger partial charge in [0.25, 0.3) is 0 Å². The van der Waals surface area contributed by atoms with Crippen LogP contribution in [0, 0.1) is 0 Å². The molecule has 1 aliphatic heterocycles. The molecule has 0 bridgehead atoms. The molecule has 0 aromatic heterocycles. The summed E-state index contributed by atoms with van der Waals surface area (Å²) >= 11 is 0. The number of methoxy groups -OCH3 is 1. The van der Waals surface area contributed by atoms with Gasteiger partial charge in [0.15, 0.2) is 0 Å². The highest BCUT2D eigenvalue weighted by atomic mass is 16.5. The summed E-state index contributed by atoms with van der Waals surface area (Å²) < 4.78 is 5.22. The third-order valence-electron chi connectivity index (χ3n) is 4.07. The van der Waals surface area contributed by atoms with Gasteiger partial charge in [-0.1, -0.05) is 12.1 Å². The number of benzene rings is 1. The zero-order valence-electron chi connectivity index (χ0n) is 12.7. The van der Waals surface area contributed by atoms with Crippen LogP contribution in [0.15, 0.2) is 24.3 Å². The molecule has 1 saturated heterocycles. The molecule has 20 heavy (non-hydrogen) atoms. The normalized spacial score (nSPS) is 23.3. The Hall–Kier alpha value is -1.10. The zero-order chi connectivity index (χ0) is 14.5. The first kappa shape index (κ1) is 15.3. The number of β-amino-alcohol motifs (C(OH)–C–C–N with tert-alkyl or cyclic N) is 1. The highest BCUT2D eigenvalue weighted by molar-refractivity contribution is 5.29. The van der Waals surface area contributed by atoms with Gasteiger partial charge in [-0.2, -0.15) is 0 Å². The van der Waals surface area contributed by atoms with Gasteiger partial charge in [0.1, 0.15) is 5.75 Å². The number of aliphatic hydroxyl groups excluding tert-OH is 1. The Labute approximate surface area is 122 Å². The Bertz CT molecular complexity index is 425. The quantitative estimate of drug-likeness (QED) is 0.910. The van der Waals surface area contributed by atoms with Crippen LogP contribution in [0.1, 0.15) is 25.0 Å². The van der Waals surface area contributed by atoms with Crippen molar-refractivity contribution in [1.82, 2.24) is 9.80 Å². The van der Waals surface area contributed by atoms with Crippen molar-refractivity contribution >= 4 is 0 Å². The van der Waals surface area contributed by atoms with Crippen molar-refractivity contribution in [3.8, 4) is 5.75 Å². The average Bonchev–Trinajstić information content (AvgIpc) is 2.60. The van der Waals surface area contributed by atoms with E-state index in [-0.39, 0.29) is 0 Å². The molecular formula is C16H26N2O2. The lowest BCUT2D eigenvalue weighted by atomic mass is 10.1. The highest BCUT2D eigenvalue weighted by Gasteiger charge is 2.22. The summed E-state index contributed by atoms with van der Waals surface area (Å²) in [6.07, 6.45) is 0.696. The highest BCUT2D eigenvalue weighted by Crippen LogP contribution is 2.21. The van der Waals surface area contributed by atoms with Crippen molar-refractivity contribution < 1.29 is 9.84 Å². The third kappa shape index (κ3) is 3.95. The second kappa shape index (κ2) is 7.07. The first-order chi connectivity index (χ1) is 9.60. The lowest BCUT2D eigenvalue weighted by Crippen LogP contribution is -2.40. The van der Waals surface area contributed by atoms with E-state index in [2.05, 4.69) is 23.8 Å². The van der Waals surface area contributed by atoms with Crippen molar-refractivity contribution in [2.24, 2.45) is 0 Å². The van der Waals surface area contributed by atoms with Gasteiger partial charge in [0.2, 0.25) is 0 Å². The van der Waals surface area contributed by atoms with Crippen LogP contribution in [0.3, 0.4) is 0 Å². The monoisotopic (exact) mass is 278 g/mol. The number of likely N-dealkylation sites (N-methyl/N-ethyl adjacent to an activating group) is 1. The number of ether oxygens (including phenoxy) is 1. The van der Waals surface area contributed by atoms with E-state index >= 15 is 0 Å². The molecule has 112 valence electrons. The van der Waals surface area contributed by atoms with Gasteiger partial charge in [0.05, 0.1) is 13.2 Å². The predicted octanol–water partition coefficient (Wildman–Crippen LogP) is 1.75. The maximum Gasteiger partial charge on any atom is 0.119 e. The number of hydrogen-bond donors (Lipinski definition) is 1. The summed E-state index contributed by atoms with van der Waals surface area (Å²) in [5, 5.41) is 10.5. The van der Waals surface area contributed by atoms with E-state index in [0.717, 1.165) is 37.4 Å². The second-order valence-corrected chi connectivity index (χ2v) is 5.75. The molecule has 4 nitrogen and oxygen atoms in total. The molecule has 1 heterocycles. The molecule has 4 heteroatoms. The van der Waals surface area contributed by atoms with Gasteiger partial charge >= 0.3 is 0 Å². The molecule has 1 aromatic rings. The molecule has 1 N–H and O–H groups in total. The van der Waals surface area contributed by atoms with Crippen LogP contribution in [0.25, 0.3) is 0 Å². The Morgan fingerprint density at radius 1 is 1.40 bits per heavy atom. The van der Waals surface area contributed by atoms with E-state index in [1.165, 1.54) is 0 Å². The molecule has 1 aromatic carbocycles. The van der Waals surface area contributed by atoms with Crippen LogP contribution in [0.4, 0.5) is 0 Å². The summed E-state index contributed by atoms with van der Waals surface area (Å²) in [5.74, 6) is 0.796. The van der Waals surface area contributed by atoms with Crippen molar-refractivity contribution in [1.29, 1.82) is 0 Å². The smallest absolute Gasteiger partial charge is 0.119 e. The summed E-state index contributed by atoms with van der Waals surface area (Å²) in [6.45, 7) is 6.16. The summed E-state index contributed by atoms with van der Waals surface area (Å²) in [5.41, 5.74) is 0.925. The van der Waals surface area contributed by atoms with Gasteiger partial charge in [-0.05, 0) is 51.2 Å². The number of aliphatic hydroxyl groups is 1. The molecule has 0 amide bonds. The van der Waals surface area contributed by atoms with Crippen LogP contribution < -0.4 is 4.74 Å². The summed E-state index contributed by atoms with van der Waals surface area (Å²) in [4.78, 5) is 4.75. The minimum atomic E-state index is -0.462. The van der Waals surface area contributed by atoms with E-state index in [0.29, 0.717) is 12.6 Å². The number of hydrogen-bond acceptors (Lipinski definition) is 4. The van der Waals surface area contributed by atoms with Crippen LogP contribution in [0.2, 0.25) is 0 Å². The molecule has 2 atom stereocenters. The Morgan fingerprint density at radius 2 is 2.20 bits per heavy atom. The topological polar surface area (TPSA) is 35.9 Å². The zero-order valence-corrected chi connectivity index (χ0v) is 12.7. The Balaban J connectivity index is 2.00. The van der Waals surface area contributed by atoms with Gasteiger partial charge in [-0.3, -0.25) is 4.90 Å². The number of nitrogens with zero attached hydrogens (tertiary/aromatic N) is 2. The van der Waals surface area contributed by atoms with Crippen molar-refractivity contribution in [3.63, 3.8) is 0 Å².